The van der Waals surface area contributed by atoms with Crippen molar-refractivity contribution in [3.8, 4) is 0 Å². The van der Waals surface area contributed by atoms with Crippen LogP contribution in [0.15, 0.2) is 0 Å². The zero-order chi connectivity index (χ0) is 30.4. The summed E-state index contributed by atoms with van der Waals surface area (Å²) in [5.74, 6) is -6.64. The molecule has 0 rings (SSSR count). The normalized spacial score (nSPS) is 15.6. The smallest absolute Gasteiger partial charge is 0.245 e. The van der Waals surface area contributed by atoms with Gasteiger partial charge < -0.3 is 49.3 Å². The molecule has 6 atom stereocenters. The Balaban J connectivity index is 5.73. The second-order valence-corrected chi connectivity index (χ2v) is 9.72. The van der Waals surface area contributed by atoms with Crippen LogP contribution in [0, 0.1) is 11.8 Å². The fourth-order valence-corrected chi connectivity index (χ4v) is 3.40. The number of nitrogens with two attached hydrogens (primary N) is 4. The van der Waals surface area contributed by atoms with Crippen LogP contribution in [0.2, 0.25) is 0 Å². The number of rotatable bonds is 18. The number of carbonyl (C=O) groups excluding carboxylic acids is 7. The summed E-state index contributed by atoms with van der Waals surface area (Å²) in [6.07, 6.45) is -0.472. The van der Waals surface area contributed by atoms with Crippen LogP contribution >= 0.6 is 0 Å². The first-order valence-electron chi connectivity index (χ1n) is 12.5. The highest BCUT2D eigenvalue weighted by Gasteiger charge is 2.34. The van der Waals surface area contributed by atoms with Gasteiger partial charge in [-0.25, -0.2) is 0 Å². The van der Waals surface area contributed by atoms with Crippen LogP contribution in [0.3, 0.4) is 0 Å². The summed E-state index contributed by atoms with van der Waals surface area (Å²) in [5.41, 5.74) is 20.9. The SMILES string of the molecule is CC[C@H](C)[C@H](NC(=O)[C@H](CO)NC(=O)[C@@H](N)CC(N)=O)C(=O)N[C@@H](CC(C)C)C(=O)N[C@@H](CC(N)=O)C(N)=O. The Hall–Kier alpha value is -3.79. The van der Waals surface area contributed by atoms with Gasteiger partial charge in [-0.3, -0.25) is 33.6 Å². The van der Waals surface area contributed by atoms with Crippen LogP contribution in [0.1, 0.15) is 53.4 Å². The van der Waals surface area contributed by atoms with Gasteiger partial charge in [-0.1, -0.05) is 34.1 Å². The van der Waals surface area contributed by atoms with Crippen LogP contribution in [0.25, 0.3) is 0 Å². The quantitative estimate of drug-likeness (QED) is 0.0783. The Morgan fingerprint density at radius 2 is 1.18 bits per heavy atom. The van der Waals surface area contributed by atoms with Crippen LogP contribution in [0.5, 0.6) is 0 Å². The molecular weight excluding hydrogens is 516 g/mol. The van der Waals surface area contributed by atoms with E-state index in [4.69, 9.17) is 22.9 Å². The molecule has 0 radical (unpaired) electrons. The largest absolute Gasteiger partial charge is 0.394 e. The maximum atomic E-state index is 13.2. The average molecular weight is 559 g/mol. The average Bonchev–Trinajstić information content (AvgIpc) is 2.82. The Kier molecular flexibility index (Phi) is 15.3. The number of carbonyl (C=O) groups is 7. The molecule has 16 nitrogen and oxygen atoms in total. The first kappa shape index (κ1) is 35.2. The molecule has 7 amide bonds. The zero-order valence-corrected chi connectivity index (χ0v) is 22.7. The monoisotopic (exact) mass is 558 g/mol. The standard InChI is InChI=1S/C23H42N8O8/c1-5-11(4)18(31-22(38)15(9-32)30-20(36)12(24)7-16(25)33)23(39)29-14(6-10(2)3)21(37)28-13(19(27)35)8-17(26)34/h10-15,18,32H,5-9,24H2,1-4H3,(H2,25,33)(H2,26,34)(H2,27,35)(H,28,37)(H,29,39)(H,30,36)(H,31,38)/t11-,12-,13-,14-,15-,18-/m0/s1. The molecule has 0 heterocycles. The van der Waals surface area contributed by atoms with Gasteiger partial charge in [-0.05, 0) is 18.3 Å². The van der Waals surface area contributed by atoms with Gasteiger partial charge in [-0.15, -0.1) is 0 Å². The predicted molar refractivity (Wildman–Crippen MR) is 139 cm³/mol. The van der Waals surface area contributed by atoms with E-state index in [2.05, 4.69) is 21.3 Å². The second kappa shape index (κ2) is 16.9. The van der Waals surface area contributed by atoms with Gasteiger partial charge in [0, 0.05) is 0 Å². The van der Waals surface area contributed by atoms with E-state index in [1.807, 2.05) is 0 Å². The molecule has 39 heavy (non-hydrogen) atoms. The number of hydrogen-bond acceptors (Lipinski definition) is 9. The number of hydrogen-bond donors (Lipinski definition) is 9. The summed E-state index contributed by atoms with van der Waals surface area (Å²) in [6, 6.07) is -6.62. The van der Waals surface area contributed by atoms with E-state index in [1.54, 1.807) is 27.7 Å². The van der Waals surface area contributed by atoms with Gasteiger partial charge >= 0.3 is 0 Å². The first-order valence-corrected chi connectivity index (χ1v) is 12.5. The van der Waals surface area contributed by atoms with Crippen LogP contribution < -0.4 is 44.2 Å². The number of nitrogens with one attached hydrogen (secondary N) is 4. The summed E-state index contributed by atoms with van der Waals surface area (Å²) < 4.78 is 0. The third-order valence-corrected chi connectivity index (χ3v) is 5.77. The van der Waals surface area contributed by atoms with Gasteiger partial charge in [-0.2, -0.15) is 0 Å². The molecule has 0 saturated heterocycles. The molecule has 16 heteroatoms. The topological polar surface area (TPSA) is 292 Å². The summed E-state index contributed by atoms with van der Waals surface area (Å²) in [4.78, 5) is 85.0. The highest BCUT2D eigenvalue weighted by atomic mass is 16.3. The lowest BCUT2D eigenvalue weighted by atomic mass is 9.96. The van der Waals surface area contributed by atoms with E-state index in [0.29, 0.717) is 6.42 Å². The fourth-order valence-electron chi connectivity index (χ4n) is 3.40. The molecule has 0 unspecified atom stereocenters. The maximum Gasteiger partial charge on any atom is 0.245 e. The van der Waals surface area contributed by atoms with Crippen molar-refractivity contribution in [2.45, 2.75) is 83.6 Å². The van der Waals surface area contributed by atoms with Crippen molar-refractivity contribution in [3.05, 3.63) is 0 Å². The molecular formula is C23H42N8O8. The molecule has 0 aromatic carbocycles. The summed E-state index contributed by atoms with van der Waals surface area (Å²) in [6.45, 7) is 6.14. The number of aliphatic hydroxyl groups excluding tert-OH is 1. The van der Waals surface area contributed by atoms with Crippen molar-refractivity contribution >= 4 is 41.4 Å². The molecule has 0 aliphatic heterocycles. The van der Waals surface area contributed by atoms with E-state index in [1.165, 1.54) is 0 Å². The Morgan fingerprint density at radius 1 is 0.692 bits per heavy atom. The third kappa shape index (κ3) is 13.0. The highest BCUT2D eigenvalue weighted by molar-refractivity contribution is 5.97. The fraction of sp³-hybridized carbons (Fsp3) is 0.696. The molecule has 0 spiro atoms. The van der Waals surface area contributed by atoms with Gasteiger partial charge in [0.05, 0.1) is 25.5 Å². The highest BCUT2D eigenvalue weighted by Crippen LogP contribution is 2.11. The Bertz CT molecular complexity index is 913. The lowest BCUT2D eigenvalue weighted by Gasteiger charge is -2.29. The second-order valence-electron chi connectivity index (χ2n) is 9.72. The zero-order valence-electron chi connectivity index (χ0n) is 22.7. The van der Waals surface area contributed by atoms with Gasteiger partial charge in [0.1, 0.15) is 24.2 Å². The predicted octanol–water partition coefficient (Wildman–Crippen LogP) is -4.43. The number of aliphatic hydroxyl groups is 1. The molecule has 0 aromatic rings. The molecule has 0 aliphatic carbocycles. The summed E-state index contributed by atoms with van der Waals surface area (Å²) in [5, 5.41) is 19.1. The lowest BCUT2D eigenvalue weighted by Crippen LogP contribution is -2.61. The Labute approximate surface area is 226 Å². The number of amides is 7. The minimum absolute atomic E-state index is 0.0977. The van der Waals surface area contributed by atoms with E-state index in [9.17, 15) is 38.7 Å². The third-order valence-electron chi connectivity index (χ3n) is 5.77. The van der Waals surface area contributed by atoms with Crippen molar-refractivity contribution in [1.82, 2.24) is 21.3 Å². The molecule has 0 saturated carbocycles. The van der Waals surface area contributed by atoms with E-state index >= 15 is 0 Å². The van der Waals surface area contributed by atoms with Crippen LogP contribution in [-0.4, -0.2) is 83.3 Å². The minimum atomic E-state index is -1.50. The molecule has 0 bridgehead atoms. The van der Waals surface area contributed by atoms with Crippen molar-refractivity contribution < 1.29 is 38.7 Å². The molecule has 13 N–H and O–H groups in total. The molecule has 222 valence electrons. The maximum absolute atomic E-state index is 13.2. The first-order chi connectivity index (χ1) is 18.0. The van der Waals surface area contributed by atoms with E-state index in [0.717, 1.165) is 0 Å². The van der Waals surface area contributed by atoms with Crippen LogP contribution in [0.4, 0.5) is 0 Å². The molecule has 0 fully saturated rings. The van der Waals surface area contributed by atoms with Crippen molar-refractivity contribution in [2.24, 2.45) is 34.8 Å². The van der Waals surface area contributed by atoms with Crippen molar-refractivity contribution in [2.75, 3.05) is 6.61 Å². The van der Waals surface area contributed by atoms with Crippen LogP contribution in [-0.2, 0) is 33.6 Å². The van der Waals surface area contributed by atoms with E-state index < -0.39 is 96.9 Å². The van der Waals surface area contributed by atoms with Crippen molar-refractivity contribution in [3.63, 3.8) is 0 Å². The van der Waals surface area contributed by atoms with Gasteiger partial charge in [0.2, 0.25) is 41.4 Å². The van der Waals surface area contributed by atoms with E-state index in [-0.39, 0.29) is 12.3 Å². The van der Waals surface area contributed by atoms with Crippen molar-refractivity contribution in [1.29, 1.82) is 0 Å². The summed E-state index contributed by atoms with van der Waals surface area (Å²) >= 11 is 0. The minimum Gasteiger partial charge on any atom is -0.394 e. The van der Waals surface area contributed by atoms with Gasteiger partial charge in [0.15, 0.2) is 0 Å². The summed E-state index contributed by atoms with van der Waals surface area (Å²) in [7, 11) is 0. The lowest BCUT2D eigenvalue weighted by molar-refractivity contribution is -0.136. The Morgan fingerprint density at radius 3 is 1.62 bits per heavy atom. The van der Waals surface area contributed by atoms with Gasteiger partial charge in [0.25, 0.3) is 0 Å². The molecule has 0 aromatic heterocycles. The molecule has 0 aliphatic rings. The number of primary amides is 3.